The van der Waals surface area contributed by atoms with Crippen LogP contribution in [0.15, 0.2) is 12.1 Å². The van der Waals surface area contributed by atoms with E-state index in [-0.39, 0.29) is 34.3 Å². The number of hydrogen-bond donors (Lipinski definition) is 2. The van der Waals surface area contributed by atoms with Crippen LogP contribution in [0.2, 0.25) is 10.0 Å². The highest BCUT2D eigenvalue weighted by Crippen LogP contribution is 2.30. The van der Waals surface area contributed by atoms with Crippen molar-refractivity contribution in [3.63, 3.8) is 0 Å². The summed E-state index contributed by atoms with van der Waals surface area (Å²) in [5.41, 5.74) is 6.30. The highest BCUT2D eigenvalue weighted by atomic mass is 35.5. The van der Waals surface area contributed by atoms with E-state index in [0.717, 1.165) is 12.8 Å². The van der Waals surface area contributed by atoms with Gasteiger partial charge >= 0.3 is 0 Å². The summed E-state index contributed by atoms with van der Waals surface area (Å²) in [6, 6.07) is 2.91. The van der Waals surface area contributed by atoms with Crippen LogP contribution in [0.5, 0.6) is 0 Å². The van der Waals surface area contributed by atoms with E-state index in [1.807, 2.05) is 0 Å². The predicted molar refractivity (Wildman–Crippen MR) is 72.0 cm³/mol. The molecule has 0 bridgehead atoms. The van der Waals surface area contributed by atoms with E-state index in [4.69, 9.17) is 28.9 Å². The number of amides is 1. The van der Waals surface area contributed by atoms with Gasteiger partial charge in [0.2, 0.25) is 0 Å². The highest BCUT2D eigenvalue weighted by molar-refractivity contribution is 6.39. The lowest BCUT2D eigenvalue weighted by Crippen LogP contribution is -2.37. The smallest absolute Gasteiger partial charge is 0.254 e. The number of nitrogens with two attached hydrogens (primary N) is 1. The van der Waals surface area contributed by atoms with Crippen molar-refractivity contribution in [2.75, 3.05) is 18.9 Å². The molecule has 0 aliphatic carbocycles. The van der Waals surface area contributed by atoms with E-state index in [9.17, 15) is 9.90 Å². The van der Waals surface area contributed by atoms with Gasteiger partial charge in [-0.15, -0.1) is 0 Å². The summed E-state index contributed by atoms with van der Waals surface area (Å²) in [6.07, 6.45) is 1.71. The number of aliphatic hydroxyl groups excluding tert-OH is 1. The zero-order valence-corrected chi connectivity index (χ0v) is 11.2. The van der Waals surface area contributed by atoms with Crippen LogP contribution in [0.25, 0.3) is 0 Å². The third kappa shape index (κ3) is 2.41. The van der Waals surface area contributed by atoms with Crippen molar-refractivity contribution in [2.24, 2.45) is 0 Å². The van der Waals surface area contributed by atoms with Gasteiger partial charge in [-0.25, -0.2) is 0 Å². The Bertz CT molecular complexity index is 456. The number of nitrogen functional groups attached to an aromatic ring is 1. The second-order valence-corrected chi connectivity index (χ2v) is 5.15. The largest absolute Gasteiger partial charge is 0.396 e. The molecule has 0 spiro atoms. The maximum Gasteiger partial charge on any atom is 0.254 e. The maximum atomic E-state index is 12.3. The molecule has 1 aromatic rings. The summed E-state index contributed by atoms with van der Waals surface area (Å²) in [6.45, 7) is 0.617. The maximum absolute atomic E-state index is 12.3. The van der Waals surface area contributed by atoms with Crippen molar-refractivity contribution in [3.05, 3.63) is 27.7 Å². The van der Waals surface area contributed by atoms with E-state index in [0.29, 0.717) is 12.1 Å². The van der Waals surface area contributed by atoms with E-state index in [1.165, 1.54) is 12.1 Å². The molecule has 1 heterocycles. The lowest BCUT2D eigenvalue weighted by Gasteiger charge is -2.23. The first kappa shape index (κ1) is 13.5. The number of carbonyl (C=O) groups excluding carboxylic acids is 1. The Morgan fingerprint density at radius 2 is 2.06 bits per heavy atom. The fourth-order valence-corrected chi connectivity index (χ4v) is 2.65. The lowest BCUT2D eigenvalue weighted by molar-refractivity contribution is 0.0677. The molecular formula is C12H14Cl2N2O2. The highest BCUT2D eigenvalue weighted by Gasteiger charge is 2.29. The minimum absolute atomic E-state index is 0.0256. The van der Waals surface area contributed by atoms with Crippen LogP contribution in [-0.2, 0) is 0 Å². The molecule has 3 N–H and O–H groups in total. The second-order valence-electron chi connectivity index (χ2n) is 4.33. The molecule has 0 saturated carbocycles. The molecule has 0 unspecified atom stereocenters. The Balaban J connectivity index is 2.29. The summed E-state index contributed by atoms with van der Waals surface area (Å²) in [5, 5.41) is 9.76. The van der Waals surface area contributed by atoms with Crippen LogP contribution < -0.4 is 5.73 Å². The van der Waals surface area contributed by atoms with Crippen LogP contribution in [0.4, 0.5) is 5.69 Å². The Morgan fingerprint density at radius 1 is 1.44 bits per heavy atom. The normalized spacial score (nSPS) is 19.3. The Labute approximate surface area is 115 Å². The number of hydrogen-bond acceptors (Lipinski definition) is 3. The Morgan fingerprint density at radius 3 is 2.61 bits per heavy atom. The van der Waals surface area contributed by atoms with Gasteiger partial charge in [-0.05, 0) is 25.0 Å². The molecule has 0 radical (unpaired) electrons. The summed E-state index contributed by atoms with van der Waals surface area (Å²) >= 11 is 11.8. The molecule has 1 saturated heterocycles. The number of halogens is 2. The lowest BCUT2D eigenvalue weighted by atomic mass is 10.1. The second kappa shape index (κ2) is 5.34. The molecule has 1 amide bonds. The van der Waals surface area contributed by atoms with E-state index >= 15 is 0 Å². The average molecular weight is 289 g/mol. The number of anilines is 1. The van der Waals surface area contributed by atoms with Crippen molar-refractivity contribution in [2.45, 2.75) is 18.9 Å². The van der Waals surface area contributed by atoms with Gasteiger partial charge in [0.25, 0.3) is 5.91 Å². The molecular weight excluding hydrogens is 275 g/mol. The van der Waals surface area contributed by atoms with Crippen molar-refractivity contribution in [1.29, 1.82) is 0 Å². The topological polar surface area (TPSA) is 66.6 Å². The molecule has 1 aromatic carbocycles. The van der Waals surface area contributed by atoms with Gasteiger partial charge in [-0.3, -0.25) is 4.79 Å². The van der Waals surface area contributed by atoms with Crippen LogP contribution in [0.1, 0.15) is 23.2 Å². The SMILES string of the molecule is Nc1c(Cl)cc(C(=O)N2CCC[C@H]2CO)cc1Cl. The number of likely N-dealkylation sites (tertiary alicyclic amines) is 1. The molecule has 1 atom stereocenters. The Hall–Kier alpha value is -0.970. The van der Waals surface area contributed by atoms with Crippen molar-refractivity contribution >= 4 is 34.8 Å². The quantitative estimate of drug-likeness (QED) is 0.820. The molecule has 6 heteroatoms. The van der Waals surface area contributed by atoms with Gasteiger partial charge < -0.3 is 15.7 Å². The van der Waals surface area contributed by atoms with Gasteiger partial charge in [0.15, 0.2) is 0 Å². The molecule has 1 aliphatic heterocycles. The van der Waals surface area contributed by atoms with E-state index in [2.05, 4.69) is 0 Å². The van der Waals surface area contributed by atoms with Crippen LogP contribution in [0, 0.1) is 0 Å². The summed E-state index contributed by atoms with van der Waals surface area (Å²) in [4.78, 5) is 13.9. The molecule has 18 heavy (non-hydrogen) atoms. The molecule has 1 fully saturated rings. The van der Waals surface area contributed by atoms with Crippen molar-refractivity contribution in [1.82, 2.24) is 4.90 Å². The van der Waals surface area contributed by atoms with Crippen LogP contribution in [-0.4, -0.2) is 35.1 Å². The Kier molecular flexibility index (Phi) is 4.00. The molecule has 1 aliphatic rings. The number of carbonyl (C=O) groups is 1. The van der Waals surface area contributed by atoms with Gasteiger partial charge in [0.1, 0.15) is 0 Å². The van der Waals surface area contributed by atoms with Crippen molar-refractivity contribution in [3.8, 4) is 0 Å². The fraction of sp³-hybridized carbons (Fsp3) is 0.417. The van der Waals surface area contributed by atoms with E-state index in [1.54, 1.807) is 4.90 Å². The molecule has 0 aromatic heterocycles. The number of aliphatic hydroxyl groups is 1. The first-order valence-electron chi connectivity index (χ1n) is 5.71. The van der Waals surface area contributed by atoms with Gasteiger partial charge in [0.05, 0.1) is 28.4 Å². The standard InChI is InChI=1S/C12H14Cl2N2O2/c13-9-4-7(5-10(14)11(9)15)12(18)16-3-1-2-8(16)6-17/h4-5,8,17H,1-3,6,15H2/t8-/m0/s1. The molecule has 98 valence electrons. The number of nitrogens with zero attached hydrogens (tertiary/aromatic N) is 1. The molecule has 2 rings (SSSR count). The van der Waals surface area contributed by atoms with Gasteiger partial charge in [0, 0.05) is 12.1 Å². The third-order valence-electron chi connectivity index (χ3n) is 3.17. The zero-order valence-electron chi connectivity index (χ0n) is 9.70. The summed E-state index contributed by atoms with van der Waals surface area (Å²) in [5.74, 6) is -0.171. The summed E-state index contributed by atoms with van der Waals surface area (Å²) in [7, 11) is 0. The predicted octanol–water partition coefficient (Wildman–Crippen LogP) is 2.17. The summed E-state index contributed by atoms with van der Waals surface area (Å²) < 4.78 is 0. The monoisotopic (exact) mass is 288 g/mol. The van der Waals surface area contributed by atoms with Gasteiger partial charge in [-0.2, -0.15) is 0 Å². The minimum atomic E-state index is -0.171. The zero-order chi connectivity index (χ0) is 13.3. The third-order valence-corrected chi connectivity index (χ3v) is 3.80. The number of rotatable bonds is 2. The fourth-order valence-electron chi connectivity index (χ4n) is 2.17. The number of benzene rings is 1. The van der Waals surface area contributed by atoms with E-state index < -0.39 is 0 Å². The van der Waals surface area contributed by atoms with Crippen LogP contribution >= 0.6 is 23.2 Å². The average Bonchev–Trinajstić information content (AvgIpc) is 2.82. The first-order chi connectivity index (χ1) is 8.54. The minimum Gasteiger partial charge on any atom is -0.396 e. The van der Waals surface area contributed by atoms with Crippen molar-refractivity contribution < 1.29 is 9.90 Å². The molecule has 4 nitrogen and oxygen atoms in total. The van der Waals surface area contributed by atoms with Crippen LogP contribution in [0.3, 0.4) is 0 Å². The first-order valence-corrected chi connectivity index (χ1v) is 6.46. The van der Waals surface area contributed by atoms with Gasteiger partial charge in [-0.1, -0.05) is 23.2 Å².